The van der Waals surface area contributed by atoms with Gasteiger partial charge in [0.1, 0.15) is 11.3 Å². The normalized spacial score (nSPS) is 11.0. The number of hydrogen-bond acceptors (Lipinski definition) is 5. The molecule has 5 rings (SSSR count). The summed E-state index contributed by atoms with van der Waals surface area (Å²) in [5.41, 5.74) is 4.71. The molecule has 5 aromatic rings. The number of hydrogen-bond donors (Lipinski definition) is 1. The number of amides is 1. The molecule has 6 nitrogen and oxygen atoms in total. The van der Waals surface area contributed by atoms with Crippen LogP contribution in [0.5, 0.6) is 0 Å². The number of rotatable bonds is 8. The number of fused-ring (bicyclic) bond motifs is 1. The zero-order valence-electron chi connectivity index (χ0n) is 17.8. The second-order valence-electron chi connectivity index (χ2n) is 7.56. The van der Waals surface area contributed by atoms with Crippen LogP contribution in [0.25, 0.3) is 11.2 Å². The summed E-state index contributed by atoms with van der Waals surface area (Å²) in [6.45, 7) is 1.08. The third-order valence-corrected chi connectivity index (χ3v) is 6.29. The van der Waals surface area contributed by atoms with E-state index in [2.05, 4.69) is 27.0 Å². The van der Waals surface area contributed by atoms with E-state index >= 15 is 0 Å². The molecule has 2 aromatic carbocycles. The number of thioether (sulfide) groups is 1. The van der Waals surface area contributed by atoms with Crippen LogP contribution in [0.3, 0.4) is 0 Å². The number of carbonyl (C=O) groups excluding carboxylic acids is 1. The van der Waals surface area contributed by atoms with Crippen molar-refractivity contribution in [3.63, 3.8) is 0 Å². The molecule has 0 bridgehead atoms. The second kappa shape index (κ2) is 9.75. The molecule has 0 spiro atoms. The first kappa shape index (κ1) is 21.0. The van der Waals surface area contributed by atoms with Gasteiger partial charge in [-0.25, -0.2) is 9.97 Å². The van der Waals surface area contributed by atoms with Gasteiger partial charge in [0, 0.05) is 17.5 Å². The van der Waals surface area contributed by atoms with Crippen molar-refractivity contribution in [2.75, 3.05) is 0 Å². The highest BCUT2D eigenvalue weighted by molar-refractivity contribution is 7.98. The summed E-state index contributed by atoms with van der Waals surface area (Å²) < 4.78 is 7.41. The first-order valence-electron chi connectivity index (χ1n) is 10.6. The van der Waals surface area contributed by atoms with Gasteiger partial charge in [0.15, 0.2) is 10.8 Å². The summed E-state index contributed by atoms with van der Waals surface area (Å²) >= 11 is 1.67. The molecule has 1 N–H and O–H groups in total. The molecule has 0 fully saturated rings. The van der Waals surface area contributed by atoms with Gasteiger partial charge >= 0.3 is 0 Å². The van der Waals surface area contributed by atoms with Gasteiger partial charge in [-0.3, -0.25) is 9.36 Å². The topological polar surface area (TPSA) is 73.0 Å². The summed E-state index contributed by atoms with van der Waals surface area (Å²) in [7, 11) is 0. The lowest BCUT2D eigenvalue weighted by Gasteiger charge is -2.09. The van der Waals surface area contributed by atoms with E-state index in [-0.39, 0.29) is 5.91 Å². The first-order chi connectivity index (χ1) is 16.3. The molecule has 0 saturated heterocycles. The first-order valence-corrected chi connectivity index (χ1v) is 11.6. The molecule has 0 unspecified atom stereocenters. The summed E-state index contributed by atoms with van der Waals surface area (Å²) in [5, 5.41) is 3.79. The molecule has 7 heteroatoms. The maximum atomic E-state index is 12.4. The number of imidazole rings is 1. The summed E-state index contributed by atoms with van der Waals surface area (Å²) in [6, 6.07) is 25.5. The Morgan fingerprint density at radius 2 is 1.79 bits per heavy atom. The lowest BCUT2D eigenvalue weighted by molar-refractivity contribution is 0.0948. The number of furan rings is 1. The molecule has 0 atom stereocenters. The minimum absolute atomic E-state index is 0.124. The van der Waals surface area contributed by atoms with Gasteiger partial charge in [-0.15, -0.1) is 0 Å². The Labute approximate surface area is 195 Å². The van der Waals surface area contributed by atoms with E-state index in [1.165, 1.54) is 5.56 Å². The van der Waals surface area contributed by atoms with Crippen molar-refractivity contribution in [1.82, 2.24) is 19.9 Å². The van der Waals surface area contributed by atoms with E-state index < -0.39 is 0 Å². The number of nitrogens with one attached hydrogen (secondary N) is 1. The van der Waals surface area contributed by atoms with Crippen LogP contribution >= 0.6 is 11.8 Å². The summed E-state index contributed by atoms with van der Waals surface area (Å²) in [4.78, 5) is 21.7. The number of carbonyl (C=O) groups is 1. The maximum Gasteiger partial charge on any atom is 0.251 e. The number of nitrogens with zero attached hydrogens (tertiary/aromatic N) is 3. The fourth-order valence-corrected chi connectivity index (χ4v) is 4.50. The molecular weight excluding hydrogens is 432 g/mol. The average Bonchev–Trinajstić information content (AvgIpc) is 3.50. The summed E-state index contributed by atoms with van der Waals surface area (Å²) in [5.74, 6) is 1.34. The van der Waals surface area contributed by atoms with Gasteiger partial charge in [0.2, 0.25) is 0 Å². The van der Waals surface area contributed by atoms with Crippen LogP contribution in [-0.4, -0.2) is 20.4 Å². The van der Waals surface area contributed by atoms with Crippen molar-refractivity contribution < 1.29 is 9.21 Å². The van der Waals surface area contributed by atoms with Crippen molar-refractivity contribution in [3.05, 3.63) is 114 Å². The SMILES string of the molecule is O=C(NCc1ccco1)c1ccc(CSc2nc3cccnc3n2Cc2ccccc2)cc1. The van der Waals surface area contributed by atoms with Gasteiger partial charge in [0.05, 0.1) is 19.4 Å². The van der Waals surface area contributed by atoms with Gasteiger partial charge in [-0.05, 0) is 47.5 Å². The fourth-order valence-electron chi connectivity index (χ4n) is 3.54. The Morgan fingerprint density at radius 3 is 2.58 bits per heavy atom. The molecule has 0 aliphatic rings. The van der Waals surface area contributed by atoms with Gasteiger partial charge < -0.3 is 9.73 Å². The smallest absolute Gasteiger partial charge is 0.251 e. The molecule has 3 heterocycles. The Bertz CT molecular complexity index is 1350. The monoisotopic (exact) mass is 454 g/mol. The van der Waals surface area contributed by atoms with E-state index in [4.69, 9.17) is 9.40 Å². The van der Waals surface area contributed by atoms with Crippen molar-refractivity contribution in [2.45, 2.75) is 24.0 Å². The Balaban J connectivity index is 1.27. The predicted octanol–water partition coefficient (Wildman–Crippen LogP) is 5.29. The van der Waals surface area contributed by atoms with Crippen molar-refractivity contribution >= 4 is 28.8 Å². The van der Waals surface area contributed by atoms with Crippen molar-refractivity contribution in [3.8, 4) is 0 Å². The molecular formula is C26H22N4O2S. The van der Waals surface area contributed by atoms with Crippen LogP contribution in [0, 0.1) is 0 Å². The quantitative estimate of drug-likeness (QED) is 0.322. The molecule has 164 valence electrons. The average molecular weight is 455 g/mol. The standard InChI is InChI=1S/C26H22N4O2S/c31-25(28-16-22-8-5-15-32-22)21-12-10-20(11-13-21)18-33-26-29-23-9-4-14-27-24(23)30(26)17-19-6-2-1-3-7-19/h1-15H,16-18H2,(H,28,31). The second-order valence-corrected chi connectivity index (χ2v) is 8.50. The molecule has 0 radical (unpaired) electrons. The molecule has 33 heavy (non-hydrogen) atoms. The van der Waals surface area contributed by atoms with Gasteiger partial charge in [-0.2, -0.15) is 0 Å². The van der Waals surface area contributed by atoms with Gasteiger partial charge in [0.25, 0.3) is 5.91 Å². The largest absolute Gasteiger partial charge is 0.467 e. The highest BCUT2D eigenvalue weighted by Crippen LogP contribution is 2.27. The molecule has 0 aliphatic carbocycles. The maximum absolute atomic E-state index is 12.4. The zero-order valence-corrected chi connectivity index (χ0v) is 18.7. The minimum Gasteiger partial charge on any atom is -0.467 e. The minimum atomic E-state index is -0.124. The fraction of sp³-hybridized carbons (Fsp3) is 0.115. The molecule has 1 amide bonds. The van der Waals surface area contributed by atoms with Crippen LogP contribution in [0.4, 0.5) is 0 Å². The van der Waals surface area contributed by atoms with E-state index in [9.17, 15) is 4.79 Å². The van der Waals surface area contributed by atoms with E-state index in [0.29, 0.717) is 18.7 Å². The highest BCUT2D eigenvalue weighted by atomic mass is 32.2. The number of pyridine rings is 1. The summed E-state index contributed by atoms with van der Waals surface area (Å²) in [6.07, 6.45) is 3.40. The van der Waals surface area contributed by atoms with Gasteiger partial charge in [-0.1, -0.05) is 54.2 Å². The molecule has 0 aliphatic heterocycles. The van der Waals surface area contributed by atoms with Crippen LogP contribution in [-0.2, 0) is 18.8 Å². The van der Waals surface area contributed by atoms with E-state index in [1.54, 1.807) is 30.3 Å². The third kappa shape index (κ3) is 4.99. The Kier molecular flexibility index (Phi) is 6.21. The Hall–Kier alpha value is -3.84. The lowest BCUT2D eigenvalue weighted by Crippen LogP contribution is -2.22. The molecule has 3 aromatic heterocycles. The van der Waals surface area contributed by atoms with E-state index in [1.807, 2.05) is 60.7 Å². The van der Waals surface area contributed by atoms with Crippen LogP contribution in [0.15, 0.2) is 101 Å². The number of benzene rings is 2. The predicted molar refractivity (Wildman–Crippen MR) is 129 cm³/mol. The van der Waals surface area contributed by atoms with Crippen LogP contribution in [0.2, 0.25) is 0 Å². The molecule has 0 saturated carbocycles. The highest BCUT2D eigenvalue weighted by Gasteiger charge is 2.13. The van der Waals surface area contributed by atoms with E-state index in [0.717, 1.165) is 33.4 Å². The third-order valence-electron chi connectivity index (χ3n) is 5.24. The zero-order chi connectivity index (χ0) is 22.5. The number of aromatic nitrogens is 3. The van der Waals surface area contributed by atoms with Crippen molar-refractivity contribution in [1.29, 1.82) is 0 Å². The van der Waals surface area contributed by atoms with Crippen LogP contribution < -0.4 is 5.32 Å². The van der Waals surface area contributed by atoms with Crippen molar-refractivity contribution in [2.24, 2.45) is 0 Å². The lowest BCUT2D eigenvalue weighted by atomic mass is 10.1. The Morgan fingerprint density at radius 1 is 0.939 bits per heavy atom. The van der Waals surface area contributed by atoms with Crippen LogP contribution in [0.1, 0.15) is 27.2 Å².